The monoisotopic (exact) mass is 256 g/mol. The van der Waals surface area contributed by atoms with Crippen LogP contribution in [0, 0.1) is 13.8 Å². The summed E-state index contributed by atoms with van der Waals surface area (Å²) in [6.45, 7) is 3.46. The third-order valence-electron chi connectivity index (χ3n) is 2.54. The van der Waals surface area contributed by atoms with Crippen LogP contribution >= 0.6 is 11.6 Å². The third kappa shape index (κ3) is 2.17. The lowest BCUT2D eigenvalue weighted by atomic mass is 10.2. The van der Waals surface area contributed by atoms with Gasteiger partial charge in [0, 0.05) is 5.56 Å². The Labute approximate surface area is 103 Å². The van der Waals surface area contributed by atoms with E-state index in [1.165, 1.54) is 4.68 Å². The maximum Gasteiger partial charge on any atom is 0.282 e. The van der Waals surface area contributed by atoms with Crippen molar-refractivity contribution in [2.24, 2.45) is 0 Å². The molecule has 0 aliphatic rings. The van der Waals surface area contributed by atoms with Crippen molar-refractivity contribution in [2.75, 3.05) is 0 Å². The second-order valence-corrected chi connectivity index (χ2v) is 4.21. The summed E-state index contributed by atoms with van der Waals surface area (Å²) in [5.41, 5.74) is 1.76. The van der Waals surface area contributed by atoms with E-state index in [0.29, 0.717) is 11.3 Å². The number of nitrogens with zero attached hydrogens (tertiary/aromatic N) is 2. The molecule has 17 heavy (non-hydrogen) atoms. The SMILES string of the molecule is Cc1cccc(-n2nc(C(F)F)c(C)c2Cl)c1. The van der Waals surface area contributed by atoms with Gasteiger partial charge in [0.2, 0.25) is 0 Å². The minimum absolute atomic E-state index is 0.228. The van der Waals surface area contributed by atoms with Gasteiger partial charge in [0.15, 0.2) is 0 Å². The van der Waals surface area contributed by atoms with E-state index in [1.807, 2.05) is 25.1 Å². The number of aromatic nitrogens is 2. The molecule has 0 N–H and O–H groups in total. The van der Waals surface area contributed by atoms with Crippen LogP contribution in [0.15, 0.2) is 24.3 Å². The molecule has 1 heterocycles. The van der Waals surface area contributed by atoms with Crippen molar-refractivity contribution >= 4 is 11.6 Å². The van der Waals surface area contributed by atoms with Crippen LogP contribution in [-0.4, -0.2) is 9.78 Å². The zero-order valence-electron chi connectivity index (χ0n) is 9.42. The van der Waals surface area contributed by atoms with Gasteiger partial charge in [0.1, 0.15) is 10.8 Å². The molecule has 0 saturated heterocycles. The number of benzene rings is 1. The average Bonchev–Trinajstić information content (AvgIpc) is 2.56. The molecule has 0 radical (unpaired) electrons. The molecule has 0 bridgehead atoms. The van der Waals surface area contributed by atoms with Crippen LogP contribution in [0.2, 0.25) is 5.15 Å². The number of hydrogen-bond donors (Lipinski definition) is 0. The Morgan fingerprint density at radius 1 is 1.29 bits per heavy atom. The molecule has 5 heteroatoms. The highest BCUT2D eigenvalue weighted by atomic mass is 35.5. The van der Waals surface area contributed by atoms with Gasteiger partial charge in [-0.1, -0.05) is 23.7 Å². The van der Waals surface area contributed by atoms with Gasteiger partial charge in [-0.25, -0.2) is 13.5 Å². The first-order chi connectivity index (χ1) is 8.00. The summed E-state index contributed by atoms with van der Waals surface area (Å²) in [4.78, 5) is 0. The molecule has 0 saturated carbocycles. The van der Waals surface area contributed by atoms with Gasteiger partial charge in [0.25, 0.3) is 6.43 Å². The molecule has 0 aliphatic heterocycles. The fraction of sp³-hybridized carbons (Fsp3) is 0.250. The van der Waals surface area contributed by atoms with Crippen LogP contribution in [0.3, 0.4) is 0 Å². The molecule has 0 amide bonds. The number of aryl methyl sites for hydroxylation is 1. The molecule has 90 valence electrons. The van der Waals surface area contributed by atoms with E-state index in [9.17, 15) is 8.78 Å². The van der Waals surface area contributed by atoms with E-state index in [-0.39, 0.29) is 10.8 Å². The van der Waals surface area contributed by atoms with Gasteiger partial charge in [-0.15, -0.1) is 0 Å². The lowest BCUT2D eigenvalue weighted by Crippen LogP contribution is -1.98. The number of alkyl halides is 2. The zero-order chi connectivity index (χ0) is 12.6. The van der Waals surface area contributed by atoms with Crippen LogP contribution in [0.4, 0.5) is 8.78 Å². The highest BCUT2D eigenvalue weighted by molar-refractivity contribution is 6.30. The standard InChI is InChI=1S/C12H11ClF2N2/c1-7-4-3-5-9(6-7)17-11(13)8(2)10(16-17)12(14)15/h3-6,12H,1-2H3. The van der Waals surface area contributed by atoms with Crippen molar-refractivity contribution in [2.45, 2.75) is 20.3 Å². The van der Waals surface area contributed by atoms with Crippen molar-refractivity contribution in [1.82, 2.24) is 9.78 Å². The van der Waals surface area contributed by atoms with Gasteiger partial charge >= 0.3 is 0 Å². The summed E-state index contributed by atoms with van der Waals surface area (Å²) in [6.07, 6.45) is -2.61. The molecule has 0 atom stereocenters. The van der Waals surface area contributed by atoms with Crippen molar-refractivity contribution in [3.63, 3.8) is 0 Å². The van der Waals surface area contributed by atoms with Crippen molar-refractivity contribution in [3.8, 4) is 5.69 Å². The molecule has 1 aromatic heterocycles. The summed E-state index contributed by atoms with van der Waals surface area (Å²) >= 11 is 6.01. The highest BCUT2D eigenvalue weighted by Crippen LogP contribution is 2.29. The highest BCUT2D eigenvalue weighted by Gasteiger charge is 2.20. The number of rotatable bonds is 2. The molecular formula is C12H11ClF2N2. The Morgan fingerprint density at radius 3 is 2.53 bits per heavy atom. The van der Waals surface area contributed by atoms with Crippen molar-refractivity contribution in [1.29, 1.82) is 0 Å². The van der Waals surface area contributed by atoms with E-state index in [4.69, 9.17) is 11.6 Å². The Morgan fingerprint density at radius 2 is 2.00 bits per heavy atom. The molecule has 0 fully saturated rings. The quantitative estimate of drug-likeness (QED) is 0.792. The van der Waals surface area contributed by atoms with Crippen LogP contribution in [-0.2, 0) is 0 Å². The topological polar surface area (TPSA) is 17.8 Å². The normalized spacial score (nSPS) is 11.2. The molecule has 2 rings (SSSR count). The van der Waals surface area contributed by atoms with E-state index in [0.717, 1.165) is 5.56 Å². The number of hydrogen-bond acceptors (Lipinski definition) is 1. The minimum atomic E-state index is -2.61. The van der Waals surface area contributed by atoms with Gasteiger partial charge in [-0.2, -0.15) is 5.10 Å². The molecule has 1 aromatic carbocycles. The number of halogens is 3. The molecule has 2 aromatic rings. The molecule has 0 spiro atoms. The maximum atomic E-state index is 12.7. The van der Waals surface area contributed by atoms with Crippen LogP contribution in [0.1, 0.15) is 23.2 Å². The smallest absolute Gasteiger partial charge is 0.221 e. The fourth-order valence-corrected chi connectivity index (χ4v) is 1.86. The van der Waals surface area contributed by atoms with Gasteiger partial charge in [0.05, 0.1) is 5.69 Å². The summed E-state index contributed by atoms with van der Waals surface area (Å²) in [5, 5.41) is 4.08. The van der Waals surface area contributed by atoms with Gasteiger partial charge < -0.3 is 0 Å². The Hall–Kier alpha value is -1.42. The average molecular weight is 257 g/mol. The van der Waals surface area contributed by atoms with E-state index >= 15 is 0 Å². The zero-order valence-corrected chi connectivity index (χ0v) is 10.2. The van der Waals surface area contributed by atoms with Gasteiger partial charge in [-0.05, 0) is 31.5 Å². The first-order valence-electron chi connectivity index (χ1n) is 5.11. The van der Waals surface area contributed by atoms with Gasteiger partial charge in [-0.3, -0.25) is 0 Å². The fourth-order valence-electron chi connectivity index (χ4n) is 1.63. The predicted molar refractivity (Wildman–Crippen MR) is 63.0 cm³/mol. The molecule has 2 nitrogen and oxygen atoms in total. The molecule has 0 aliphatic carbocycles. The van der Waals surface area contributed by atoms with Crippen LogP contribution < -0.4 is 0 Å². The second-order valence-electron chi connectivity index (χ2n) is 3.85. The molecular weight excluding hydrogens is 246 g/mol. The maximum absolute atomic E-state index is 12.7. The largest absolute Gasteiger partial charge is 0.282 e. The first-order valence-corrected chi connectivity index (χ1v) is 5.48. The van der Waals surface area contributed by atoms with Crippen molar-refractivity contribution < 1.29 is 8.78 Å². The Bertz CT molecular complexity index is 549. The third-order valence-corrected chi connectivity index (χ3v) is 2.98. The van der Waals surface area contributed by atoms with E-state index in [2.05, 4.69) is 5.10 Å². The predicted octanol–water partition coefficient (Wildman–Crippen LogP) is 4.08. The van der Waals surface area contributed by atoms with Crippen molar-refractivity contribution in [3.05, 3.63) is 46.2 Å². The van der Waals surface area contributed by atoms with E-state index < -0.39 is 6.43 Å². The van der Waals surface area contributed by atoms with E-state index in [1.54, 1.807) is 13.0 Å². The first kappa shape index (κ1) is 12.0. The summed E-state index contributed by atoms with van der Waals surface area (Å²) < 4.78 is 26.7. The second kappa shape index (κ2) is 4.45. The van der Waals surface area contributed by atoms with Crippen LogP contribution in [0.25, 0.3) is 5.69 Å². The minimum Gasteiger partial charge on any atom is -0.221 e. The summed E-state index contributed by atoms with van der Waals surface area (Å²) in [6, 6.07) is 7.37. The van der Waals surface area contributed by atoms with Crippen LogP contribution in [0.5, 0.6) is 0 Å². The Kier molecular flexibility index (Phi) is 3.15. The lowest BCUT2D eigenvalue weighted by Gasteiger charge is -2.03. The Balaban J connectivity index is 2.57. The summed E-state index contributed by atoms with van der Waals surface area (Å²) in [7, 11) is 0. The lowest BCUT2D eigenvalue weighted by molar-refractivity contribution is 0.145. The molecule has 0 unspecified atom stereocenters. The summed E-state index contributed by atoms with van der Waals surface area (Å²) in [5.74, 6) is 0.